The van der Waals surface area contributed by atoms with E-state index in [0.29, 0.717) is 6.54 Å². The summed E-state index contributed by atoms with van der Waals surface area (Å²) in [7, 11) is 0. The second kappa shape index (κ2) is 6.96. The van der Waals surface area contributed by atoms with Crippen LogP contribution in [-0.4, -0.2) is 29.4 Å². The quantitative estimate of drug-likeness (QED) is 0.292. The van der Waals surface area contributed by atoms with Crippen LogP contribution in [0.15, 0.2) is 12.7 Å². The maximum absolute atomic E-state index is 11.0. The SMILES string of the molecule is C=CCNC(=O)NC(=O)CSC(=N)N. The summed E-state index contributed by atoms with van der Waals surface area (Å²) in [6, 6.07) is -0.584. The van der Waals surface area contributed by atoms with Crippen molar-refractivity contribution in [2.75, 3.05) is 12.3 Å². The number of hydrogen-bond donors (Lipinski definition) is 4. The van der Waals surface area contributed by atoms with Gasteiger partial charge in [-0.05, 0) is 0 Å². The molecule has 0 unspecified atom stereocenters. The molecule has 0 aliphatic rings. The summed E-state index contributed by atoms with van der Waals surface area (Å²) >= 11 is 0.854. The Bertz CT molecular complexity index is 254. The summed E-state index contributed by atoms with van der Waals surface area (Å²) in [5.41, 5.74) is 5.00. The van der Waals surface area contributed by atoms with E-state index in [-0.39, 0.29) is 10.9 Å². The molecule has 0 aromatic rings. The second-order valence-corrected chi connectivity index (χ2v) is 3.22. The van der Waals surface area contributed by atoms with E-state index in [9.17, 15) is 9.59 Å². The van der Waals surface area contributed by atoms with Gasteiger partial charge in [0.15, 0.2) is 5.17 Å². The Morgan fingerprint density at radius 3 is 2.71 bits per heavy atom. The first-order chi connectivity index (χ1) is 6.56. The molecular formula is C7H12N4O2S. The van der Waals surface area contributed by atoms with Crippen LogP contribution in [0.25, 0.3) is 0 Å². The minimum atomic E-state index is -0.584. The second-order valence-electron chi connectivity index (χ2n) is 2.20. The molecule has 14 heavy (non-hydrogen) atoms. The van der Waals surface area contributed by atoms with Crippen LogP contribution in [0.5, 0.6) is 0 Å². The number of imide groups is 1. The molecular weight excluding hydrogens is 204 g/mol. The molecule has 0 radical (unpaired) electrons. The van der Waals surface area contributed by atoms with Gasteiger partial charge in [0, 0.05) is 6.54 Å². The summed E-state index contributed by atoms with van der Waals surface area (Å²) in [5, 5.41) is 11.1. The highest BCUT2D eigenvalue weighted by Crippen LogP contribution is 1.95. The molecule has 0 aliphatic heterocycles. The predicted molar refractivity (Wildman–Crippen MR) is 56.1 cm³/mol. The molecule has 0 rings (SSSR count). The zero-order valence-corrected chi connectivity index (χ0v) is 8.32. The van der Waals surface area contributed by atoms with Crippen LogP contribution in [0.3, 0.4) is 0 Å². The van der Waals surface area contributed by atoms with Gasteiger partial charge in [-0.2, -0.15) is 0 Å². The third kappa shape index (κ3) is 7.17. The number of nitrogens with two attached hydrogens (primary N) is 1. The molecule has 78 valence electrons. The molecule has 0 heterocycles. The van der Waals surface area contributed by atoms with Gasteiger partial charge in [0.1, 0.15) is 0 Å². The first-order valence-corrected chi connectivity index (χ1v) is 4.70. The van der Waals surface area contributed by atoms with Crippen LogP contribution in [-0.2, 0) is 4.79 Å². The van der Waals surface area contributed by atoms with Gasteiger partial charge in [0.25, 0.3) is 0 Å². The molecule has 0 aromatic heterocycles. The number of carbonyl (C=O) groups excluding carboxylic acids is 2. The average molecular weight is 216 g/mol. The molecule has 7 heteroatoms. The van der Waals surface area contributed by atoms with E-state index in [1.165, 1.54) is 6.08 Å². The number of thioether (sulfide) groups is 1. The number of hydrogen-bond acceptors (Lipinski definition) is 4. The highest BCUT2D eigenvalue weighted by Gasteiger charge is 2.06. The molecule has 0 aromatic carbocycles. The average Bonchev–Trinajstić information content (AvgIpc) is 2.11. The smallest absolute Gasteiger partial charge is 0.321 e. The zero-order chi connectivity index (χ0) is 11.0. The Balaban J connectivity index is 3.65. The number of amidine groups is 1. The van der Waals surface area contributed by atoms with Gasteiger partial charge in [-0.1, -0.05) is 17.8 Å². The first-order valence-electron chi connectivity index (χ1n) is 3.71. The zero-order valence-electron chi connectivity index (χ0n) is 7.50. The van der Waals surface area contributed by atoms with Gasteiger partial charge in [-0.3, -0.25) is 15.5 Å². The van der Waals surface area contributed by atoms with Crippen molar-refractivity contribution in [1.82, 2.24) is 10.6 Å². The molecule has 0 spiro atoms. The van der Waals surface area contributed by atoms with E-state index in [1.54, 1.807) is 0 Å². The van der Waals surface area contributed by atoms with Crippen molar-refractivity contribution in [2.24, 2.45) is 5.73 Å². The van der Waals surface area contributed by atoms with Gasteiger partial charge in [0.05, 0.1) is 5.75 Å². The molecule has 0 saturated heterocycles. The molecule has 0 aliphatic carbocycles. The van der Waals surface area contributed by atoms with Crippen LogP contribution in [0, 0.1) is 5.41 Å². The highest BCUT2D eigenvalue weighted by molar-refractivity contribution is 8.14. The summed E-state index contributed by atoms with van der Waals surface area (Å²) in [6.45, 7) is 3.69. The van der Waals surface area contributed by atoms with E-state index >= 15 is 0 Å². The largest absolute Gasteiger partial charge is 0.379 e. The minimum Gasteiger partial charge on any atom is -0.379 e. The van der Waals surface area contributed by atoms with Gasteiger partial charge < -0.3 is 11.1 Å². The first kappa shape index (κ1) is 12.5. The maximum atomic E-state index is 11.0. The highest BCUT2D eigenvalue weighted by atomic mass is 32.2. The van der Waals surface area contributed by atoms with Crippen LogP contribution in [0.4, 0.5) is 4.79 Å². The summed E-state index contributed by atoms with van der Waals surface area (Å²) in [5.74, 6) is -0.539. The number of carbonyl (C=O) groups is 2. The van der Waals surface area contributed by atoms with Crippen molar-refractivity contribution in [1.29, 1.82) is 5.41 Å². The fourth-order valence-electron chi connectivity index (χ4n) is 0.515. The normalized spacial score (nSPS) is 8.86. The summed E-state index contributed by atoms with van der Waals surface area (Å²) in [4.78, 5) is 21.8. The lowest BCUT2D eigenvalue weighted by atomic mass is 10.6. The molecule has 6 nitrogen and oxygen atoms in total. The monoisotopic (exact) mass is 216 g/mol. The topological polar surface area (TPSA) is 108 Å². The predicted octanol–water partition coefficient (Wildman–Crippen LogP) is -0.375. The van der Waals surface area contributed by atoms with Crippen LogP contribution in [0.2, 0.25) is 0 Å². The van der Waals surface area contributed by atoms with Crippen LogP contribution >= 0.6 is 11.8 Å². The summed E-state index contributed by atoms with van der Waals surface area (Å²) in [6.07, 6.45) is 1.49. The van der Waals surface area contributed by atoms with E-state index in [4.69, 9.17) is 11.1 Å². The summed E-state index contributed by atoms with van der Waals surface area (Å²) < 4.78 is 0. The van der Waals surface area contributed by atoms with Crippen LogP contribution < -0.4 is 16.4 Å². The van der Waals surface area contributed by atoms with E-state index in [1.807, 2.05) is 0 Å². The molecule has 0 atom stereocenters. The Labute approximate surface area is 85.8 Å². The van der Waals surface area contributed by atoms with Gasteiger partial charge in [-0.15, -0.1) is 6.58 Å². The van der Waals surface area contributed by atoms with Crippen LogP contribution in [0.1, 0.15) is 0 Å². The van der Waals surface area contributed by atoms with Crippen molar-refractivity contribution >= 4 is 28.9 Å². The Hall–Kier alpha value is -1.50. The number of nitrogens with one attached hydrogen (secondary N) is 3. The Kier molecular flexibility index (Phi) is 6.21. The van der Waals surface area contributed by atoms with E-state index < -0.39 is 11.9 Å². The van der Waals surface area contributed by atoms with Gasteiger partial charge >= 0.3 is 6.03 Å². The molecule has 0 saturated carbocycles. The molecule has 3 amide bonds. The fraction of sp³-hybridized carbons (Fsp3) is 0.286. The lowest BCUT2D eigenvalue weighted by molar-refractivity contribution is -0.117. The molecule has 0 fully saturated rings. The lowest BCUT2D eigenvalue weighted by Gasteiger charge is -2.03. The molecule has 0 bridgehead atoms. The van der Waals surface area contributed by atoms with E-state index in [0.717, 1.165) is 11.8 Å². The van der Waals surface area contributed by atoms with Crippen molar-refractivity contribution in [2.45, 2.75) is 0 Å². The third-order valence-corrected chi connectivity index (χ3v) is 1.74. The maximum Gasteiger partial charge on any atom is 0.321 e. The fourth-order valence-corrected chi connectivity index (χ4v) is 0.874. The van der Waals surface area contributed by atoms with Crippen molar-refractivity contribution in [3.05, 3.63) is 12.7 Å². The number of urea groups is 1. The minimum absolute atomic E-state index is 0.0448. The lowest BCUT2D eigenvalue weighted by Crippen LogP contribution is -2.40. The third-order valence-electron chi connectivity index (χ3n) is 1.02. The Morgan fingerprint density at radius 2 is 2.21 bits per heavy atom. The number of rotatable bonds is 4. The van der Waals surface area contributed by atoms with Crippen molar-refractivity contribution in [3.8, 4) is 0 Å². The van der Waals surface area contributed by atoms with E-state index in [2.05, 4.69) is 17.2 Å². The van der Waals surface area contributed by atoms with Crippen molar-refractivity contribution in [3.63, 3.8) is 0 Å². The van der Waals surface area contributed by atoms with Crippen molar-refractivity contribution < 1.29 is 9.59 Å². The number of amides is 3. The van der Waals surface area contributed by atoms with Gasteiger partial charge in [0.2, 0.25) is 5.91 Å². The Morgan fingerprint density at radius 1 is 1.57 bits per heavy atom. The molecule has 5 N–H and O–H groups in total. The van der Waals surface area contributed by atoms with Gasteiger partial charge in [-0.25, -0.2) is 4.79 Å². The standard InChI is InChI=1S/C7H12N4O2S/c1-2-3-10-7(13)11-5(12)4-14-6(8)9/h2H,1,3-4H2,(H3,8,9)(H2,10,11,12,13).